The quantitative estimate of drug-likeness (QED) is 0.778. The number of halogens is 2. The largest absolute Gasteiger partial charge is 0.383 e. The molecule has 2 aromatic rings. The normalized spacial score (nSPS) is 10.4. The smallest absolute Gasteiger partial charge is 0.256 e. The van der Waals surface area contributed by atoms with Crippen molar-refractivity contribution in [2.24, 2.45) is 0 Å². The van der Waals surface area contributed by atoms with Crippen LogP contribution in [0, 0.1) is 11.6 Å². The number of nitrogen functional groups attached to an aromatic ring is 1. The van der Waals surface area contributed by atoms with Crippen molar-refractivity contribution in [2.45, 2.75) is 6.42 Å². The van der Waals surface area contributed by atoms with E-state index in [0.29, 0.717) is 12.0 Å². The fourth-order valence-electron chi connectivity index (χ4n) is 1.65. The summed E-state index contributed by atoms with van der Waals surface area (Å²) in [6, 6.07) is 3.25. The molecule has 1 aromatic carbocycles. The number of hydrogen-bond acceptors (Lipinski definition) is 3. The predicted molar refractivity (Wildman–Crippen MR) is 65.4 cm³/mol. The summed E-state index contributed by atoms with van der Waals surface area (Å²) in [6.45, 7) is 0.242. The van der Waals surface area contributed by atoms with Crippen LogP contribution >= 0.6 is 0 Å². The monoisotopic (exact) mass is 266 g/mol. The highest BCUT2D eigenvalue weighted by molar-refractivity contribution is 5.98. The lowest BCUT2D eigenvalue weighted by Gasteiger charge is -2.05. The molecule has 0 aliphatic carbocycles. The van der Waals surface area contributed by atoms with E-state index in [-0.39, 0.29) is 23.8 Å². The van der Waals surface area contributed by atoms with Gasteiger partial charge in [-0.15, -0.1) is 0 Å². The van der Waals surface area contributed by atoms with Crippen molar-refractivity contribution in [1.29, 1.82) is 0 Å². The Labute approximate surface area is 107 Å². The van der Waals surface area contributed by atoms with Gasteiger partial charge in [0.05, 0.1) is 6.20 Å². The van der Waals surface area contributed by atoms with E-state index >= 15 is 0 Å². The number of benzene rings is 1. The van der Waals surface area contributed by atoms with E-state index in [2.05, 4.69) is 15.5 Å². The molecule has 0 aliphatic rings. The number of aromatic nitrogens is 2. The fraction of sp³-hybridized carbons (Fsp3) is 0.167. The predicted octanol–water partition coefficient (Wildman–Crippen LogP) is 1.24. The molecule has 1 amide bonds. The minimum atomic E-state index is -0.639. The van der Waals surface area contributed by atoms with Crippen LogP contribution in [0.5, 0.6) is 0 Å². The van der Waals surface area contributed by atoms with Gasteiger partial charge >= 0.3 is 0 Å². The Kier molecular flexibility index (Phi) is 3.74. The fourth-order valence-corrected chi connectivity index (χ4v) is 1.65. The maximum absolute atomic E-state index is 12.9. The van der Waals surface area contributed by atoms with E-state index in [1.54, 1.807) is 0 Å². The highest BCUT2D eigenvalue weighted by atomic mass is 19.1. The van der Waals surface area contributed by atoms with Gasteiger partial charge in [-0.3, -0.25) is 9.89 Å². The Morgan fingerprint density at radius 2 is 2.00 bits per heavy atom. The molecule has 0 aliphatic heterocycles. The molecular formula is C12H12F2N4O. The molecule has 4 N–H and O–H groups in total. The molecule has 0 radical (unpaired) electrons. The van der Waals surface area contributed by atoms with E-state index < -0.39 is 11.6 Å². The van der Waals surface area contributed by atoms with Gasteiger partial charge in [-0.25, -0.2) is 8.78 Å². The summed E-state index contributed by atoms with van der Waals surface area (Å²) in [4.78, 5) is 11.7. The summed E-state index contributed by atoms with van der Waals surface area (Å²) in [7, 11) is 0. The van der Waals surface area contributed by atoms with Gasteiger partial charge in [0.2, 0.25) is 0 Å². The van der Waals surface area contributed by atoms with E-state index in [1.165, 1.54) is 18.3 Å². The highest BCUT2D eigenvalue weighted by Crippen LogP contribution is 2.09. The standard InChI is InChI=1S/C12H12F2N4O/c13-8-3-7(4-9(14)5-8)1-2-16-12(19)10-6-17-18-11(10)15/h3-6H,1-2H2,(H,16,19)(H3,15,17,18). The maximum Gasteiger partial charge on any atom is 0.256 e. The number of H-pyrrole nitrogens is 1. The summed E-state index contributed by atoms with van der Waals surface area (Å²) < 4.78 is 25.9. The van der Waals surface area contributed by atoms with Crippen molar-refractivity contribution in [3.05, 3.63) is 47.2 Å². The molecule has 0 saturated carbocycles. The average molecular weight is 266 g/mol. The first-order valence-electron chi connectivity index (χ1n) is 5.58. The van der Waals surface area contributed by atoms with Crippen LogP contribution in [0.2, 0.25) is 0 Å². The molecule has 2 rings (SSSR count). The van der Waals surface area contributed by atoms with Gasteiger partial charge in [-0.1, -0.05) is 0 Å². The van der Waals surface area contributed by atoms with Crippen molar-refractivity contribution in [3.8, 4) is 0 Å². The third kappa shape index (κ3) is 3.27. The zero-order valence-electron chi connectivity index (χ0n) is 9.91. The van der Waals surface area contributed by atoms with Gasteiger partial charge in [0.25, 0.3) is 5.91 Å². The second-order valence-corrected chi connectivity index (χ2v) is 3.98. The topological polar surface area (TPSA) is 83.8 Å². The van der Waals surface area contributed by atoms with Crippen LogP contribution in [0.25, 0.3) is 0 Å². The molecule has 19 heavy (non-hydrogen) atoms. The molecule has 1 heterocycles. The Hall–Kier alpha value is -2.44. The molecule has 0 bridgehead atoms. The number of nitrogens with one attached hydrogen (secondary N) is 2. The summed E-state index contributed by atoms with van der Waals surface area (Å²) in [5, 5.41) is 8.65. The third-order valence-electron chi connectivity index (χ3n) is 2.54. The molecule has 1 aromatic heterocycles. The Bertz CT molecular complexity index is 577. The first-order chi connectivity index (χ1) is 9.06. The van der Waals surface area contributed by atoms with Crippen molar-refractivity contribution in [2.75, 3.05) is 12.3 Å². The van der Waals surface area contributed by atoms with Gasteiger partial charge < -0.3 is 11.1 Å². The number of nitrogens with zero attached hydrogens (tertiary/aromatic N) is 1. The van der Waals surface area contributed by atoms with Crippen LogP contribution in [0.4, 0.5) is 14.6 Å². The van der Waals surface area contributed by atoms with Crippen LogP contribution in [0.1, 0.15) is 15.9 Å². The molecule has 0 fully saturated rings. The molecule has 7 heteroatoms. The Morgan fingerprint density at radius 3 is 2.58 bits per heavy atom. The van der Waals surface area contributed by atoms with Crippen molar-refractivity contribution < 1.29 is 13.6 Å². The van der Waals surface area contributed by atoms with Gasteiger partial charge in [-0.2, -0.15) is 5.10 Å². The SMILES string of the molecule is Nc1[nH]ncc1C(=O)NCCc1cc(F)cc(F)c1. The number of carbonyl (C=O) groups is 1. The first-order valence-corrected chi connectivity index (χ1v) is 5.58. The van der Waals surface area contributed by atoms with E-state index in [1.807, 2.05) is 0 Å². The number of carbonyl (C=O) groups excluding carboxylic acids is 1. The van der Waals surface area contributed by atoms with Crippen LogP contribution in [-0.4, -0.2) is 22.6 Å². The second kappa shape index (κ2) is 5.47. The van der Waals surface area contributed by atoms with Gasteiger partial charge in [0, 0.05) is 12.6 Å². The molecule has 0 saturated heterocycles. The van der Waals surface area contributed by atoms with Crippen molar-refractivity contribution in [3.63, 3.8) is 0 Å². The van der Waals surface area contributed by atoms with Crippen LogP contribution in [-0.2, 0) is 6.42 Å². The van der Waals surface area contributed by atoms with Crippen LogP contribution < -0.4 is 11.1 Å². The third-order valence-corrected chi connectivity index (χ3v) is 2.54. The van der Waals surface area contributed by atoms with E-state index in [9.17, 15) is 13.6 Å². The van der Waals surface area contributed by atoms with Crippen LogP contribution in [0.15, 0.2) is 24.4 Å². The summed E-state index contributed by atoms with van der Waals surface area (Å²) in [6.07, 6.45) is 1.63. The number of nitrogens with two attached hydrogens (primary N) is 1. The average Bonchev–Trinajstić information content (AvgIpc) is 2.74. The maximum atomic E-state index is 12.9. The lowest BCUT2D eigenvalue weighted by molar-refractivity contribution is 0.0955. The summed E-state index contributed by atoms with van der Waals surface area (Å²) >= 11 is 0. The lowest BCUT2D eigenvalue weighted by Crippen LogP contribution is -2.26. The van der Waals surface area contributed by atoms with E-state index in [4.69, 9.17) is 5.73 Å². The summed E-state index contributed by atoms with van der Waals surface area (Å²) in [5.41, 5.74) is 6.20. The second-order valence-electron chi connectivity index (χ2n) is 3.98. The van der Waals surface area contributed by atoms with Gasteiger partial charge in [0.15, 0.2) is 0 Å². The molecule has 0 unspecified atom stereocenters. The Morgan fingerprint density at radius 1 is 1.32 bits per heavy atom. The molecule has 0 atom stereocenters. The zero-order valence-corrected chi connectivity index (χ0v) is 9.91. The molecule has 0 spiro atoms. The molecular weight excluding hydrogens is 254 g/mol. The summed E-state index contributed by atoms with van der Waals surface area (Å²) in [5.74, 6) is -1.49. The number of amides is 1. The van der Waals surface area contributed by atoms with Crippen LogP contribution in [0.3, 0.4) is 0 Å². The number of aromatic amines is 1. The van der Waals surface area contributed by atoms with Crippen molar-refractivity contribution >= 4 is 11.7 Å². The minimum absolute atomic E-state index is 0.175. The number of rotatable bonds is 4. The van der Waals surface area contributed by atoms with Gasteiger partial charge in [0.1, 0.15) is 23.0 Å². The molecule has 5 nitrogen and oxygen atoms in total. The zero-order chi connectivity index (χ0) is 13.8. The lowest BCUT2D eigenvalue weighted by atomic mass is 10.1. The number of anilines is 1. The minimum Gasteiger partial charge on any atom is -0.383 e. The van der Waals surface area contributed by atoms with Gasteiger partial charge in [-0.05, 0) is 24.1 Å². The van der Waals surface area contributed by atoms with Crippen molar-refractivity contribution in [1.82, 2.24) is 15.5 Å². The molecule has 100 valence electrons. The number of hydrogen-bond donors (Lipinski definition) is 3. The van der Waals surface area contributed by atoms with E-state index in [0.717, 1.165) is 6.07 Å². The highest BCUT2D eigenvalue weighted by Gasteiger charge is 2.10. The Balaban J connectivity index is 1.90. The first kappa shape index (κ1) is 13.0.